The maximum atomic E-state index is 13.8. The van der Waals surface area contributed by atoms with Gasteiger partial charge in [-0.3, -0.25) is 4.90 Å². The van der Waals surface area contributed by atoms with Crippen molar-refractivity contribution in [1.29, 1.82) is 0 Å². The summed E-state index contributed by atoms with van der Waals surface area (Å²) >= 11 is 0. The van der Waals surface area contributed by atoms with Crippen molar-refractivity contribution in [3.8, 4) is 0 Å². The van der Waals surface area contributed by atoms with Gasteiger partial charge in [-0.15, -0.1) is 0 Å². The van der Waals surface area contributed by atoms with Crippen molar-refractivity contribution in [2.75, 3.05) is 37.6 Å². The number of halogens is 1. The zero-order valence-electron chi connectivity index (χ0n) is 13.5. The van der Waals surface area contributed by atoms with Crippen LogP contribution in [0, 0.1) is 5.82 Å². The van der Waals surface area contributed by atoms with E-state index < -0.39 is 0 Å². The van der Waals surface area contributed by atoms with Crippen molar-refractivity contribution in [2.45, 2.75) is 39.3 Å². The zero-order valence-corrected chi connectivity index (χ0v) is 13.5. The summed E-state index contributed by atoms with van der Waals surface area (Å²) < 4.78 is 13.8. The molecule has 0 spiro atoms. The maximum absolute atomic E-state index is 13.8. The molecule has 0 amide bonds. The highest BCUT2D eigenvalue weighted by Crippen LogP contribution is 2.20. The average Bonchev–Trinajstić information content (AvgIpc) is 2.53. The lowest BCUT2D eigenvalue weighted by Crippen LogP contribution is -2.52. The molecule has 1 fully saturated rings. The molecule has 4 heteroatoms. The number of benzene rings is 1. The van der Waals surface area contributed by atoms with Crippen LogP contribution in [-0.2, 0) is 0 Å². The van der Waals surface area contributed by atoms with Crippen LogP contribution in [0.2, 0.25) is 0 Å². The molecule has 118 valence electrons. The third-order valence-corrected chi connectivity index (χ3v) is 4.50. The predicted octanol–water partition coefficient (Wildman–Crippen LogP) is 2.72. The van der Waals surface area contributed by atoms with E-state index in [1.54, 1.807) is 12.1 Å². The quantitative estimate of drug-likeness (QED) is 0.870. The van der Waals surface area contributed by atoms with Crippen LogP contribution in [0.1, 0.15) is 27.2 Å². The number of rotatable bonds is 6. The van der Waals surface area contributed by atoms with Crippen molar-refractivity contribution in [1.82, 2.24) is 10.2 Å². The van der Waals surface area contributed by atoms with Gasteiger partial charge in [-0.1, -0.05) is 19.1 Å². The summed E-state index contributed by atoms with van der Waals surface area (Å²) in [4.78, 5) is 4.65. The fraction of sp³-hybridized carbons (Fsp3) is 0.647. The van der Waals surface area contributed by atoms with Gasteiger partial charge in [0.15, 0.2) is 0 Å². The van der Waals surface area contributed by atoms with Gasteiger partial charge in [-0.25, -0.2) is 4.39 Å². The molecule has 1 aromatic rings. The van der Waals surface area contributed by atoms with Crippen LogP contribution in [0.25, 0.3) is 0 Å². The average molecular weight is 293 g/mol. The maximum Gasteiger partial charge on any atom is 0.146 e. The Morgan fingerprint density at radius 1 is 1.14 bits per heavy atom. The fourth-order valence-electron chi connectivity index (χ4n) is 2.76. The van der Waals surface area contributed by atoms with E-state index in [0.29, 0.717) is 12.1 Å². The Kier molecular flexibility index (Phi) is 6.00. The molecule has 2 unspecified atom stereocenters. The first-order chi connectivity index (χ1) is 10.1. The first-order valence-electron chi connectivity index (χ1n) is 8.08. The van der Waals surface area contributed by atoms with E-state index in [1.165, 1.54) is 0 Å². The summed E-state index contributed by atoms with van der Waals surface area (Å²) in [6.07, 6.45) is 1.16. The molecule has 1 aliphatic heterocycles. The van der Waals surface area contributed by atoms with Crippen LogP contribution < -0.4 is 10.2 Å². The Hall–Kier alpha value is -1.13. The van der Waals surface area contributed by atoms with E-state index in [-0.39, 0.29) is 5.82 Å². The molecule has 1 heterocycles. The van der Waals surface area contributed by atoms with Crippen LogP contribution >= 0.6 is 0 Å². The van der Waals surface area contributed by atoms with Gasteiger partial charge in [-0.05, 0) is 32.4 Å². The summed E-state index contributed by atoms with van der Waals surface area (Å²) in [5.41, 5.74) is 0.738. The van der Waals surface area contributed by atoms with Gasteiger partial charge in [0.1, 0.15) is 5.82 Å². The van der Waals surface area contributed by atoms with Gasteiger partial charge in [0, 0.05) is 44.8 Å². The normalized spacial score (nSPS) is 19.5. The first-order valence-corrected chi connectivity index (χ1v) is 8.08. The zero-order chi connectivity index (χ0) is 15.2. The number of hydrogen-bond donors (Lipinski definition) is 1. The molecule has 0 aliphatic carbocycles. The second kappa shape index (κ2) is 7.76. The Morgan fingerprint density at radius 3 is 2.43 bits per heavy atom. The Morgan fingerprint density at radius 2 is 1.81 bits per heavy atom. The van der Waals surface area contributed by atoms with E-state index in [9.17, 15) is 4.39 Å². The highest BCUT2D eigenvalue weighted by Gasteiger charge is 2.22. The third-order valence-electron chi connectivity index (χ3n) is 4.50. The number of para-hydroxylation sites is 1. The summed E-state index contributed by atoms with van der Waals surface area (Å²) in [6, 6.07) is 8.18. The molecule has 0 bridgehead atoms. The standard InChI is InChI=1S/C17H28FN3/c1-4-14(2)19-13-15(3)20-9-11-21(12-10-20)17-8-6-5-7-16(17)18/h5-8,14-15,19H,4,9-13H2,1-3H3. The smallest absolute Gasteiger partial charge is 0.146 e. The van der Waals surface area contributed by atoms with Crippen molar-refractivity contribution in [2.24, 2.45) is 0 Å². The van der Waals surface area contributed by atoms with Gasteiger partial charge < -0.3 is 10.2 Å². The second-order valence-corrected chi connectivity index (χ2v) is 6.04. The topological polar surface area (TPSA) is 18.5 Å². The fourth-order valence-corrected chi connectivity index (χ4v) is 2.76. The largest absolute Gasteiger partial charge is 0.367 e. The molecular formula is C17H28FN3. The molecular weight excluding hydrogens is 265 g/mol. The third kappa shape index (κ3) is 4.42. The molecule has 0 aromatic heterocycles. The van der Waals surface area contributed by atoms with E-state index in [4.69, 9.17) is 0 Å². The molecule has 0 radical (unpaired) electrons. The van der Waals surface area contributed by atoms with Crippen LogP contribution in [0.5, 0.6) is 0 Å². The molecule has 0 saturated carbocycles. The Balaban J connectivity index is 1.81. The minimum Gasteiger partial charge on any atom is -0.367 e. The van der Waals surface area contributed by atoms with Crippen LogP contribution in [0.3, 0.4) is 0 Å². The first kappa shape index (κ1) is 16.2. The van der Waals surface area contributed by atoms with Gasteiger partial charge in [0.2, 0.25) is 0 Å². The van der Waals surface area contributed by atoms with E-state index in [1.807, 2.05) is 12.1 Å². The molecule has 1 N–H and O–H groups in total. The molecule has 2 atom stereocenters. The van der Waals surface area contributed by atoms with Gasteiger partial charge >= 0.3 is 0 Å². The number of hydrogen-bond acceptors (Lipinski definition) is 3. The van der Waals surface area contributed by atoms with Crippen LogP contribution in [0.15, 0.2) is 24.3 Å². The minimum absolute atomic E-state index is 0.113. The van der Waals surface area contributed by atoms with Crippen LogP contribution in [-0.4, -0.2) is 49.7 Å². The summed E-state index contributed by atoms with van der Waals surface area (Å²) in [6.45, 7) is 11.5. The van der Waals surface area contributed by atoms with Crippen molar-refractivity contribution in [3.05, 3.63) is 30.1 Å². The highest BCUT2D eigenvalue weighted by atomic mass is 19.1. The van der Waals surface area contributed by atoms with Gasteiger partial charge in [0.25, 0.3) is 0 Å². The number of anilines is 1. The monoisotopic (exact) mass is 293 g/mol. The number of piperazine rings is 1. The van der Waals surface area contributed by atoms with E-state index in [2.05, 4.69) is 35.9 Å². The highest BCUT2D eigenvalue weighted by molar-refractivity contribution is 5.47. The van der Waals surface area contributed by atoms with Crippen molar-refractivity contribution >= 4 is 5.69 Å². The van der Waals surface area contributed by atoms with Crippen LogP contribution in [0.4, 0.5) is 10.1 Å². The summed E-state index contributed by atoms with van der Waals surface area (Å²) in [5, 5.41) is 3.57. The lowest BCUT2D eigenvalue weighted by Gasteiger charge is -2.39. The molecule has 1 aromatic carbocycles. The van der Waals surface area contributed by atoms with E-state index in [0.717, 1.165) is 44.8 Å². The minimum atomic E-state index is -0.113. The SMILES string of the molecule is CCC(C)NCC(C)N1CCN(c2ccccc2F)CC1. The molecule has 21 heavy (non-hydrogen) atoms. The van der Waals surface area contributed by atoms with Crippen molar-refractivity contribution in [3.63, 3.8) is 0 Å². The van der Waals surface area contributed by atoms with Crippen molar-refractivity contribution < 1.29 is 4.39 Å². The lowest BCUT2D eigenvalue weighted by atomic mass is 10.2. The summed E-state index contributed by atoms with van der Waals surface area (Å²) in [5.74, 6) is -0.113. The Bertz CT molecular complexity index is 430. The van der Waals surface area contributed by atoms with E-state index >= 15 is 0 Å². The Labute approximate surface area is 128 Å². The molecule has 3 nitrogen and oxygen atoms in total. The van der Waals surface area contributed by atoms with Gasteiger partial charge in [0.05, 0.1) is 5.69 Å². The molecule has 1 saturated heterocycles. The summed E-state index contributed by atoms with van der Waals surface area (Å²) in [7, 11) is 0. The molecule has 2 rings (SSSR count). The predicted molar refractivity (Wildman–Crippen MR) is 87.4 cm³/mol. The lowest BCUT2D eigenvalue weighted by molar-refractivity contribution is 0.189. The molecule has 1 aliphatic rings. The van der Waals surface area contributed by atoms with Gasteiger partial charge in [-0.2, -0.15) is 0 Å². The second-order valence-electron chi connectivity index (χ2n) is 6.04. The number of nitrogens with one attached hydrogen (secondary N) is 1. The number of nitrogens with zero attached hydrogens (tertiary/aromatic N) is 2.